The van der Waals surface area contributed by atoms with Gasteiger partial charge in [-0.1, -0.05) is 31.0 Å². The SMILES string of the molecule is COc1ccc([C@@H]2CN(C3CCCC3)C[C@@]2(F)C(=O)N2C[C@H](CO)[C@@H](c3ccc(C(F)(F)F)cc3N3CCC(C(=O)O)CC3)C2)cc1. The van der Waals surface area contributed by atoms with E-state index >= 15 is 4.39 Å². The molecule has 4 aliphatic rings. The van der Waals surface area contributed by atoms with E-state index < -0.39 is 53.0 Å². The third-order valence-electron chi connectivity index (χ3n) is 11.0. The molecule has 2 N–H and O–H groups in total. The van der Waals surface area contributed by atoms with E-state index in [0.29, 0.717) is 42.0 Å². The van der Waals surface area contributed by atoms with Crippen LogP contribution >= 0.6 is 0 Å². The highest BCUT2D eigenvalue weighted by atomic mass is 19.4. The van der Waals surface area contributed by atoms with Gasteiger partial charge in [-0.15, -0.1) is 0 Å². The number of aliphatic hydroxyl groups is 1. The Kier molecular flexibility index (Phi) is 9.46. The Balaban J connectivity index is 1.30. The molecule has 1 saturated carbocycles. The Morgan fingerprint density at radius 1 is 0.979 bits per heavy atom. The van der Waals surface area contributed by atoms with Gasteiger partial charge in [-0.3, -0.25) is 14.5 Å². The van der Waals surface area contributed by atoms with Crippen LogP contribution in [0.1, 0.15) is 67.1 Å². The van der Waals surface area contributed by atoms with Gasteiger partial charge in [0.25, 0.3) is 5.91 Å². The Bertz CT molecular complexity index is 1440. The Labute approximate surface area is 272 Å². The first-order chi connectivity index (χ1) is 22.4. The van der Waals surface area contributed by atoms with Crippen molar-refractivity contribution in [3.05, 3.63) is 59.2 Å². The van der Waals surface area contributed by atoms with Gasteiger partial charge in [-0.05, 0) is 61.1 Å². The molecule has 0 aromatic heterocycles. The summed E-state index contributed by atoms with van der Waals surface area (Å²) in [4.78, 5) is 31.2. The zero-order chi connectivity index (χ0) is 33.5. The second-order valence-corrected chi connectivity index (χ2v) is 13.7. The molecule has 47 heavy (non-hydrogen) atoms. The van der Waals surface area contributed by atoms with Crippen LogP contribution in [0.15, 0.2) is 42.5 Å². The highest BCUT2D eigenvalue weighted by Gasteiger charge is 2.57. The van der Waals surface area contributed by atoms with E-state index in [1.165, 1.54) is 11.0 Å². The molecule has 8 nitrogen and oxygen atoms in total. The first-order valence-electron chi connectivity index (χ1n) is 16.6. The van der Waals surface area contributed by atoms with E-state index in [2.05, 4.69) is 4.90 Å². The number of carbonyl (C=O) groups excluding carboxylic acids is 1. The van der Waals surface area contributed by atoms with Gasteiger partial charge in [-0.2, -0.15) is 13.2 Å². The number of halogens is 4. The lowest BCUT2D eigenvalue weighted by molar-refractivity contribution is -0.143. The van der Waals surface area contributed by atoms with Gasteiger partial charge in [0.1, 0.15) is 5.75 Å². The van der Waals surface area contributed by atoms with Crippen molar-refractivity contribution < 1.29 is 42.1 Å². The average Bonchev–Trinajstić information content (AvgIpc) is 3.83. The number of rotatable bonds is 8. The monoisotopic (exact) mass is 661 g/mol. The molecule has 4 fully saturated rings. The fourth-order valence-corrected chi connectivity index (χ4v) is 8.33. The van der Waals surface area contributed by atoms with Crippen LogP contribution in [0.3, 0.4) is 0 Å². The van der Waals surface area contributed by atoms with Crippen molar-refractivity contribution in [2.75, 3.05) is 57.9 Å². The lowest BCUT2D eigenvalue weighted by Gasteiger charge is -2.35. The van der Waals surface area contributed by atoms with Crippen LogP contribution in [0.2, 0.25) is 0 Å². The molecule has 1 amide bonds. The second-order valence-electron chi connectivity index (χ2n) is 13.7. The molecule has 3 heterocycles. The number of hydrogen-bond donors (Lipinski definition) is 2. The Morgan fingerprint density at radius 2 is 1.66 bits per heavy atom. The smallest absolute Gasteiger partial charge is 0.416 e. The van der Waals surface area contributed by atoms with Crippen molar-refractivity contribution in [1.82, 2.24) is 9.80 Å². The minimum atomic E-state index is -4.59. The molecule has 1 aliphatic carbocycles. The lowest BCUT2D eigenvalue weighted by atomic mass is 9.85. The van der Waals surface area contributed by atoms with Gasteiger partial charge in [0.2, 0.25) is 5.67 Å². The summed E-state index contributed by atoms with van der Waals surface area (Å²) in [7, 11) is 1.55. The van der Waals surface area contributed by atoms with E-state index in [9.17, 15) is 33.0 Å². The molecular weight excluding hydrogens is 618 g/mol. The molecule has 0 radical (unpaired) electrons. The lowest BCUT2D eigenvalue weighted by Crippen LogP contribution is -2.50. The average molecular weight is 662 g/mol. The van der Waals surface area contributed by atoms with Crippen LogP contribution in [0.5, 0.6) is 5.75 Å². The van der Waals surface area contributed by atoms with Crippen LogP contribution in [0.4, 0.5) is 23.2 Å². The largest absolute Gasteiger partial charge is 0.497 e. The number of ether oxygens (including phenoxy) is 1. The van der Waals surface area contributed by atoms with Gasteiger partial charge in [0, 0.05) is 75.4 Å². The number of hydrogen-bond acceptors (Lipinski definition) is 6. The summed E-state index contributed by atoms with van der Waals surface area (Å²) in [6.45, 7) is 0.685. The van der Waals surface area contributed by atoms with Gasteiger partial charge in [0.05, 0.1) is 18.6 Å². The number of aliphatic carboxylic acids is 1. The van der Waals surface area contributed by atoms with Crippen molar-refractivity contribution >= 4 is 17.6 Å². The summed E-state index contributed by atoms with van der Waals surface area (Å²) in [6, 6.07) is 10.8. The first kappa shape index (κ1) is 33.5. The molecule has 256 valence electrons. The fraction of sp³-hybridized carbons (Fsp3) is 0.600. The van der Waals surface area contributed by atoms with Crippen LogP contribution in [-0.4, -0.2) is 96.6 Å². The van der Waals surface area contributed by atoms with Crippen molar-refractivity contribution in [3.63, 3.8) is 0 Å². The summed E-state index contributed by atoms with van der Waals surface area (Å²) in [6.07, 6.45) is 0.0347. The predicted molar refractivity (Wildman–Crippen MR) is 167 cm³/mol. The third kappa shape index (κ3) is 6.55. The van der Waals surface area contributed by atoms with E-state index in [4.69, 9.17) is 4.74 Å². The van der Waals surface area contributed by atoms with Crippen molar-refractivity contribution in [2.45, 2.75) is 68.2 Å². The highest BCUT2D eigenvalue weighted by molar-refractivity contribution is 5.88. The summed E-state index contributed by atoms with van der Waals surface area (Å²) in [5.74, 6) is -3.29. The number of alkyl halides is 4. The maximum Gasteiger partial charge on any atom is 0.416 e. The number of methoxy groups -OCH3 is 1. The maximum atomic E-state index is 17.5. The number of likely N-dealkylation sites (tertiary alicyclic amines) is 2. The predicted octanol–water partition coefficient (Wildman–Crippen LogP) is 5.30. The van der Waals surface area contributed by atoms with Gasteiger partial charge >= 0.3 is 12.1 Å². The van der Waals surface area contributed by atoms with Crippen LogP contribution in [0.25, 0.3) is 0 Å². The zero-order valence-corrected chi connectivity index (χ0v) is 26.6. The fourth-order valence-electron chi connectivity index (χ4n) is 8.33. The summed E-state index contributed by atoms with van der Waals surface area (Å²) in [5, 5.41) is 19.9. The van der Waals surface area contributed by atoms with E-state index in [0.717, 1.165) is 37.8 Å². The summed E-state index contributed by atoms with van der Waals surface area (Å²) in [5.41, 5.74) is -1.49. The van der Waals surface area contributed by atoms with Crippen LogP contribution in [0, 0.1) is 11.8 Å². The molecule has 0 unspecified atom stereocenters. The number of nitrogens with zero attached hydrogens (tertiary/aromatic N) is 3. The normalized spacial score (nSPS) is 27.9. The molecule has 3 aliphatic heterocycles. The molecular formula is C35H43F4N3O5. The van der Waals surface area contributed by atoms with Gasteiger partial charge < -0.3 is 24.7 Å². The zero-order valence-electron chi connectivity index (χ0n) is 26.6. The minimum absolute atomic E-state index is 0.0395. The standard InChI is InChI=1S/C35H43F4N3O5/c1-47-27-9-6-22(7-10-27)30-19-42(26-4-2-3-5-26)21-34(30,36)33(46)41-17-24(20-43)29(18-41)28-11-8-25(35(37,38)39)16-31(28)40-14-12-23(13-15-40)32(44)45/h6-11,16,23-24,26,29-30,43H,2-5,12-15,17-21H2,1H3,(H,44,45)/t24-,29+,30+,34+/m1/s1. The molecule has 0 spiro atoms. The number of carboxylic acids is 1. The summed E-state index contributed by atoms with van der Waals surface area (Å²) < 4.78 is 64.4. The number of carboxylic acid groups (broad SMARTS) is 1. The quantitative estimate of drug-likeness (QED) is 0.371. The molecule has 6 rings (SSSR count). The van der Waals surface area contributed by atoms with Crippen LogP contribution < -0.4 is 9.64 Å². The number of piperidine rings is 1. The topological polar surface area (TPSA) is 93.6 Å². The van der Waals surface area contributed by atoms with E-state index in [1.807, 2.05) is 0 Å². The van der Waals surface area contributed by atoms with E-state index in [1.54, 1.807) is 36.3 Å². The molecule has 3 saturated heterocycles. The minimum Gasteiger partial charge on any atom is -0.497 e. The first-order valence-corrected chi connectivity index (χ1v) is 16.6. The molecule has 0 bridgehead atoms. The summed E-state index contributed by atoms with van der Waals surface area (Å²) >= 11 is 0. The van der Waals surface area contributed by atoms with Crippen molar-refractivity contribution in [1.29, 1.82) is 0 Å². The number of aliphatic hydroxyl groups excluding tert-OH is 1. The van der Waals surface area contributed by atoms with Gasteiger partial charge in [0.15, 0.2) is 0 Å². The molecule has 2 aromatic rings. The number of anilines is 1. The second kappa shape index (κ2) is 13.3. The van der Waals surface area contributed by atoms with Crippen molar-refractivity contribution in [3.8, 4) is 5.75 Å². The van der Waals surface area contributed by atoms with Crippen LogP contribution in [-0.2, 0) is 15.8 Å². The van der Waals surface area contributed by atoms with Crippen molar-refractivity contribution in [2.24, 2.45) is 11.8 Å². The number of amides is 1. The number of benzene rings is 2. The third-order valence-corrected chi connectivity index (χ3v) is 11.0. The molecule has 4 atom stereocenters. The molecule has 2 aromatic carbocycles. The number of carbonyl (C=O) groups is 2. The van der Waals surface area contributed by atoms with E-state index in [-0.39, 0.29) is 45.4 Å². The Morgan fingerprint density at radius 3 is 2.26 bits per heavy atom. The Hall–Kier alpha value is -3.38. The maximum absolute atomic E-state index is 17.5. The van der Waals surface area contributed by atoms with Gasteiger partial charge in [-0.25, -0.2) is 4.39 Å². The highest BCUT2D eigenvalue weighted by Crippen LogP contribution is 2.47. The molecule has 12 heteroatoms.